The highest BCUT2D eigenvalue weighted by Crippen LogP contribution is 2.22. The van der Waals surface area contributed by atoms with E-state index in [1.54, 1.807) is 66.9 Å². The Morgan fingerprint density at radius 3 is 2.37 bits per heavy atom. The van der Waals surface area contributed by atoms with Crippen LogP contribution in [0.15, 0.2) is 94.8 Å². The Hall–Kier alpha value is -4.74. The van der Waals surface area contributed by atoms with E-state index < -0.39 is 11.8 Å². The van der Waals surface area contributed by atoms with Crippen molar-refractivity contribution in [3.8, 4) is 0 Å². The van der Waals surface area contributed by atoms with E-state index in [4.69, 9.17) is 4.74 Å². The highest BCUT2D eigenvalue weighted by molar-refractivity contribution is 8.00. The first-order chi connectivity index (χ1) is 20.8. The lowest BCUT2D eigenvalue weighted by molar-refractivity contribution is -0.142. The van der Waals surface area contributed by atoms with Gasteiger partial charge in [-0.05, 0) is 67.4 Å². The van der Waals surface area contributed by atoms with Gasteiger partial charge in [-0.15, -0.1) is 23.1 Å². The number of anilines is 2. The summed E-state index contributed by atoms with van der Waals surface area (Å²) < 4.78 is 4.92. The van der Waals surface area contributed by atoms with Crippen LogP contribution in [0, 0.1) is 6.92 Å². The van der Waals surface area contributed by atoms with Crippen molar-refractivity contribution in [2.24, 2.45) is 0 Å². The van der Waals surface area contributed by atoms with Crippen LogP contribution in [0.5, 0.6) is 0 Å². The van der Waals surface area contributed by atoms with Crippen molar-refractivity contribution >= 4 is 63.7 Å². The average molecular weight is 615 g/mol. The second-order valence-electron chi connectivity index (χ2n) is 9.18. The number of thiazole rings is 1. The molecule has 4 rings (SSSR count). The molecule has 0 saturated heterocycles. The Morgan fingerprint density at radius 2 is 1.65 bits per heavy atom. The van der Waals surface area contributed by atoms with Crippen LogP contribution in [0.1, 0.15) is 34.1 Å². The van der Waals surface area contributed by atoms with Crippen molar-refractivity contribution in [2.75, 3.05) is 23.0 Å². The monoisotopic (exact) mass is 614 g/mol. The Morgan fingerprint density at radius 1 is 0.930 bits per heavy atom. The minimum atomic E-state index is -0.474. The average Bonchev–Trinajstić information content (AvgIpc) is 3.44. The van der Waals surface area contributed by atoms with Gasteiger partial charge in [0.05, 0.1) is 24.5 Å². The number of nitrogens with one attached hydrogen (secondary N) is 3. The molecule has 0 bridgehead atoms. The number of nitrogens with zero attached hydrogens (tertiary/aromatic N) is 1. The quantitative estimate of drug-likeness (QED) is 0.106. The van der Waals surface area contributed by atoms with E-state index in [9.17, 15) is 19.2 Å². The third-order valence-electron chi connectivity index (χ3n) is 5.93. The summed E-state index contributed by atoms with van der Waals surface area (Å²) in [4.78, 5) is 55.2. The van der Waals surface area contributed by atoms with E-state index in [0.717, 1.165) is 16.0 Å². The molecule has 11 heteroatoms. The molecule has 0 aliphatic rings. The molecule has 3 N–H and O–H groups in total. The van der Waals surface area contributed by atoms with E-state index in [2.05, 4.69) is 20.9 Å². The minimum absolute atomic E-state index is 0.0560. The molecule has 0 spiro atoms. The summed E-state index contributed by atoms with van der Waals surface area (Å²) in [7, 11) is 0. The third kappa shape index (κ3) is 9.66. The summed E-state index contributed by atoms with van der Waals surface area (Å²) >= 11 is 2.57. The van der Waals surface area contributed by atoms with Gasteiger partial charge < -0.3 is 20.7 Å². The van der Waals surface area contributed by atoms with Crippen LogP contribution in [0.4, 0.5) is 10.8 Å². The molecule has 3 amide bonds. The summed E-state index contributed by atoms with van der Waals surface area (Å²) in [5.41, 5.74) is 3.37. The van der Waals surface area contributed by atoms with Crippen molar-refractivity contribution in [3.05, 3.63) is 112 Å². The SMILES string of the molecule is CCOC(=O)Cc1csc(NC(=O)CSc2ccc(NC(=O)/C(=C/c3ccccc3C)NC(=O)c3ccccc3)cc2)n1. The number of aryl methyl sites for hydroxylation is 1. The number of hydrogen-bond donors (Lipinski definition) is 3. The summed E-state index contributed by atoms with van der Waals surface area (Å²) in [5.74, 6) is -1.32. The molecule has 0 atom stereocenters. The number of rotatable bonds is 12. The Labute approximate surface area is 257 Å². The van der Waals surface area contributed by atoms with Gasteiger partial charge in [-0.1, -0.05) is 42.5 Å². The topological polar surface area (TPSA) is 126 Å². The van der Waals surface area contributed by atoms with E-state index in [1.807, 2.05) is 37.3 Å². The second kappa shape index (κ2) is 15.5. The van der Waals surface area contributed by atoms with E-state index in [0.29, 0.717) is 28.7 Å². The van der Waals surface area contributed by atoms with Gasteiger partial charge in [-0.25, -0.2) is 4.98 Å². The summed E-state index contributed by atoms with van der Waals surface area (Å²) in [6.45, 7) is 3.97. The predicted molar refractivity (Wildman–Crippen MR) is 170 cm³/mol. The number of hydrogen-bond acceptors (Lipinski definition) is 8. The number of amides is 3. The number of thioether (sulfide) groups is 1. The molecule has 1 aromatic heterocycles. The van der Waals surface area contributed by atoms with Crippen molar-refractivity contribution < 1.29 is 23.9 Å². The Balaban J connectivity index is 1.35. The molecule has 1 heterocycles. The largest absolute Gasteiger partial charge is 0.466 e. The maximum Gasteiger partial charge on any atom is 0.311 e. The van der Waals surface area contributed by atoms with Gasteiger partial charge >= 0.3 is 5.97 Å². The van der Waals surface area contributed by atoms with Gasteiger partial charge in [0.1, 0.15) is 5.70 Å². The van der Waals surface area contributed by atoms with Crippen LogP contribution in [-0.2, 0) is 25.5 Å². The maximum atomic E-state index is 13.3. The fourth-order valence-corrected chi connectivity index (χ4v) is 5.21. The minimum Gasteiger partial charge on any atom is -0.466 e. The van der Waals surface area contributed by atoms with Gasteiger partial charge in [0.15, 0.2) is 5.13 Å². The van der Waals surface area contributed by atoms with Crippen molar-refractivity contribution in [1.82, 2.24) is 10.3 Å². The number of carbonyl (C=O) groups is 4. The number of esters is 1. The van der Waals surface area contributed by atoms with Crippen LogP contribution in [0.25, 0.3) is 6.08 Å². The molecule has 0 aliphatic heterocycles. The second-order valence-corrected chi connectivity index (χ2v) is 11.1. The fraction of sp³-hybridized carbons (Fsp3) is 0.156. The number of aromatic nitrogens is 1. The number of carbonyl (C=O) groups excluding carboxylic acids is 4. The molecular weight excluding hydrogens is 585 g/mol. The van der Waals surface area contributed by atoms with Crippen molar-refractivity contribution in [1.29, 1.82) is 0 Å². The predicted octanol–water partition coefficient (Wildman–Crippen LogP) is 5.70. The standard InChI is InChI=1S/C32H30N4O5S2/c1-3-41-29(38)18-25-19-43-32(34-25)36-28(37)20-42-26-15-13-24(14-16-26)33-31(40)27(17-23-12-8-7-9-21(23)2)35-30(39)22-10-5-4-6-11-22/h4-17,19H,3,18,20H2,1-2H3,(H,33,40)(H,35,39)(H,34,36,37)/b27-17-. The maximum absolute atomic E-state index is 13.3. The highest BCUT2D eigenvalue weighted by Gasteiger charge is 2.16. The molecule has 3 aromatic carbocycles. The molecule has 9 nitrogen and oxygen atoms in total. The van der Waals surface area contributed by atoms with Crippen molar-refractivity contribution in [2.45, 2.75) is 25.2 Å². The zero-order valence-electron chi connectivity index (χ0n) is 23.6. The zero-order chi connectivity index (χ0) is 30.6. The molecular formula is C32H30N4O5S2. The molecule has 0 fully saturated rings. The molecule has 220 valence electrons. The van der Waals surface area contributed by atoms with Crippen LogP contribution in [0.3, 0.4) is 0 Å². The van der Waals surface area contributed by atoms with Gasteiger partial charge in [0.2, 0.25) is 5.91 Å². The Kier molecular flexibility index (Phi) is 11.2. The lowest BCUT2D eigenvalue weighted by atomic mass is 10.1. The van der Waals surface area contributed by atoms with Gasteiger partial charge in [-0.2, -0.15) is 0 Å². The highest BCUT2D eigenvalue weighted by atomic mass is 32.2. The number of benzene rings is 3. The van der Waals surface area contributed by atoms with Crippen LogP contribution < -0.4 is 16.0 Å². The van der Waals surface area contributed by atoms with E-state index in [1.165, 1.54) is 23.1 Å². The molecule has 0 saturated carbocycles. The first kappa shape index (κ1) is 31.2. The van der Waals surface area contributed by atoms with Gasteiger partial charge in [-0.3, -0.25) is 19.2 Å². The zero-order valence-corrected chi connectivity index (χ0v) is 25.2. The molecule has 43 heavy (non-hydrogen) atoms. The molecule has 0 aliphatic carbocycles. The Bertz CT molecular complexity index is 1620. The number of ether oxygens (including phenoxy) is 1. The van der Waals surface area contributed by atoms with Crippen LogP contribution in [-0.4, -0.2) is 41.0 Å². The fourth-order valence-electron chi connectivity index (χ4n) is 3.79. The van der Waals surface area contributed by atoms with Gasteiger partial charge in [0.25, 0.3) is 11.8 Å². The third-order valence-corrected chi connectivity index (χ3v) is 7.75. The summed E-state index contributed by atoms with van der Waals surface area (Å²) in [5, 5.41) is 10.4. The summed E-state index contributed by atoms with van der Waals surface area (Å²) in [6, 6.07) is 23.3. The molecule has 0 unspecified atom stereocenters. The van der Waals surface area contributed by atoms with E-state index in [-0.39, 0.29) is 29.7 Å². The lowest BCUT2D eigenvalue weighted by Gasteiger charge is -2.12. The summed E-state index contributed by atoms with van der Waals surface area (Å²) in [6.07, 6.45) is 1.71. The first-order valence-corrected chi connectivity index (χ1v) is 15.2. The van der Waals surface area contributed by atoms with Crippen molar-refractivity contribution in [3.63, 3.8) is 0 Å². The van der Waals surface area contributed by atoms with Crippen LogP contribution in [0.2, 0.25) is 0 Å². The van der Waals surface area contributed by atoms with E-state index >= 15 is 0 Å². The normalized spacial score (nSPS) is 11.0. The lowest BCUT2D eigenvalue weighted by Crippen LogP contribution is -2.30. The molecule has 4 aromatic rings. The van der Waals surface area contributed by atoms with Gasteiger partial charge in [0, 0.05) is 21.5 Å². The van der Waals surface area contributed by atoms with Crippen LogP contribution >= 0.6 is 23.1 Å². The smallest absolute Gasteiger partial charge is 0.311 e. The first-order valence-electron chi connectivity index (χ1n) is 13.4. The molecule has 0 radical (unpaired) electrons.